The van der Waals surface area contributed by atoms with Gasteiger partial charge in [-0.3, -0.25) is 14.5 Å². The van der Waals surface area contributed by atoms with Gasteiger partial charge >= 0.3 is 0 Å². The number of carbonyl (C=O) groups is 2. The third-order valence-corrected chi connectivity index (χ3v) is 5.57. The highest BCUT2D eigenvalue weighted by Gasteiger charge is 2.49. The molecule has 2 atom stereocenters. The minimum atomic E-state index is -1.02. The molecule has 0 aliphatic carbocycles. The number of aliphatic hydroxyl groups excluding tert-OH is 1. The number of ether oxygens (including phenoxy) is 1. The number of benzene rings is 2. The van der Waals surface area contributed by atoms with Crippen LogP contribution in [0, 0.1) is 0 Å². The summed E-state index contributed by atoms with van der Waals surface area (Å²) in [6.45, 7) is 1.95. The van der Waals surface area contributed by atoms with Gasteiger partial charge in [0.25, 0.3) is 11.7 Å². The van der Waals surface area contributed by atoms with Crippen molar-refractivity contribution in [1.29, 1.82) is 0 Å². The predicted molar refractivity (Wildman–Crippen MR) is 112 cm³/mol. The second-order valence-electron chi connectivity index (χ2n) is 7.63. The zero-order chi connectivity index (χ0) is 21.7. The van der Waals surface area contributed by atoms with Crippen LogP contribution >= 0.6 is 0 Å². The Morgan fingerprint density at radius 2 is 1.90 bits per heavy atom. The summed E-state index contributed by atoms with van der Waals surface area (Å²) in [5.41, 5.74) is 1.38. The molecule has 0 spiro atoms. The maximum Gasteiger partial charge on any atom is 0.300 e. The monoisotopic (exact) mass is 417 g/mol. The van der Waals surface area contributed by atoms with Gasteiger partial charge in [0.05, 0.1) is 17.5 Å². The molecule has 31 heavy (non-hydrogen) atoms. The first kappa shape index (κ1) is 19.0. The van der Waals surface area contributed by atoms with E-state index < -0.39 is 17.7 Å². The number of phenolic OH excluding ortho intramolecular Hbond substituents is 1. The average Bonchev–Trinajstić information content (AvgIpc) is 3.46. The average molecular weight is 417 g/mol. The zero-order valence-electron chi connectivity index (χ0n) is 16.6. The highest BCUT2D eigenvalue weighted by molar-refractivity contribution is 6.51. The number of hydrogen-bond donors (Lipinski definition) is 2. The number of fused-ring (bicyclic) bond motifs is 1. The highest BCUT2D eigenvalue weighted by atomic mass is 16.5. The van der Waals surface area contributed by atoms with Gasteiger partial charge in [0, 0.05) is 12.0 Å². The molecule has 2 aromatic carbocycles. The Morgan fingerprint density at radius 1 is 1.10 bits per heavy atom. The number of phenols is 1. The van der Waals surface area contributed by atoms with Gasteiger partial charge in [-0.05, 0) is 55.0 Å². The van der Waals surface area contributed by atoms with E-state index in [1.54, 1.807) is 42.5 Å². The molecule has 2 N–H and O–H groups in total. The van der Waals surface area contributed by atoms with E-state index in [2.05, 4.69) is 0 Å². The van der Waals surface area contributed by atoms with Gasteiger partial charge in [-0.2, -0.15) is 0 Å². The quantitative estimate of drug-likeness (QED) is 0.380. The van der Waals surface area contributed by atoms with Crippen molar-refractivity contribution >= 4 is 23.1 Å². The topological polar surface area (TPSA) is 100 Å². The van der Waals surface area contributed by atoms with Crippen LogP contribution in [0.3, 0.4) is 0 Å². The molecule has 3 aromatic rings. The molecule has 1 aromatic heterocycles. The van der Waals surface area contributed by atoms with Crippen LogP contribution < -0.4 is 9.64 Å². The minimum absolute atomic E-state index is 0.0298. The maximum atomic E-state index is 13.0. The van der Waals surface area contributed by atoms with Crippen LogP contribution in [0.25, 0.3) is 5.76 Å². The molecule has 2 aliphatic heterocycles. The Balaban J connectivity index is 1.69. The van der Waals surface area contributed by atoms with Crippen LogP contribution in [-0.2, 0) is 16.0 Å². The molecule has 1 saturated heterocycles. The summed E-state index contributed by atoms with van der Waals surface area (Å²) in [6.07, 6.45) is 2.14. The first-order chi connectivity index (χ1) is 15.0. The largest absolute Gasteiger partial charge is 0.507 e. The van der Waals surface area contributed by atoms with Gasteiger partial charge in [0.1, 0.15) is 35.2 Å². The van der Waals surface area contributed by atoms with Crippen LogP contribution in [0.2, 0.25) is 0 Å². The second kappa shape index (κ2) is 7.05. The first-order valence-electron chi connectivity index (χ1n) is 9.88. The number of furan rings is 1. The SMILES string of the molecule is CC1Cc2cc(/C(O)=C3/C(=O)C(=O)N(c4ccccc4O)C3c3ccco3)ccc2O1. The molecule has 0 radical (unpaired) electrons. The molecule has 1 fully saturated rings. The molecule has 2 aliphatic rings. The third-order valence-electron chi connectivity index (χ3n) is 5.57. The van der Waals surface area contributed by atoms with E-state index in [1.807, 2.05) is 6.92 Å². The normalized spacial score (nSPS) is 21.9. The van der Waals surface area contributed by atoms with Gasteiger partial charge in [0.15, 0.2) is 0 Å². The van der Waals surface area contributed by atoms with E-state index in [9.17, 15) is 19.8 Å². The number of aromatic hydroxyl groups is 1. The number of carbonyl (C=O) groups excluding carboxylic acids is 2. The lowest BCUT2D eigenvalue weighted by atomic mass is 9.97. The van der Waals surface area contributed by atoms with Crippen LogP contribution in [0.15, 0.2) is 70.9 Å². The number of hydrogen-bond acceptors (Lipinski definition) is 6. The van der Waals surface area contributed by atoms with Crippen molar-refractivity contribution in [3.8, 4) is 11.5 Å². The molecule has 2 unspecified atom stereocenters. The summed E-state index contributed by atoms with van der Waals surface area (Å²) in [4.78, 5) is 27.2. The lowest BCUT2D eigenvalue weighted by Gasteiger charge is -2.24. The van der Waals surface area contributed by atoms with Crippen molar-refractivity contribution in [1.82, 2.24) is 0 Å². The number of Topliss-reactive ketones (excluding diaryl/α,β-unsaturated/α-hetero) is 1. The fourth-order valence-corrected chi connectivity index (χ4v) is 4.19. The molecule has 0 bridgehead atoms. The fourth-order valence-electron chi connectivity index (χ4n) is 4.19. The first-order valence-corrected chi connectivity index (χ1v) is 9.88. The lowest BCUT2D eigenvalue weighted by Crippen LogP contribution is -2.29. The van der Waals surface area contributed by atoms with E-state index in [0.29, 0.717) is 17.7 Å². The summed E-state index contributed by atoms with van der Waals surface area (Å²) in [7, 11) is 0. The molecule has 1 amide bonds. The van der Waals surface area contributed by atoms with Crippen LogP contribution in [0.4, 0.5) is 5.69 Å². The van der Waals surface area contributed by atoms with Gasteiger partial charge < -0.3 is 19.4 Å². The number of anilines is 1. The van der Waals surface area contributed by atoms with E-state index in [1.165, 1.54) is 18.4 Å². The van der Waals surface area contributed by atoms with E-state index in [4.69, 9.17) is 9.15 Å². The number of amides is 1. The van der Waals surface area contributed by atoms with Crippen molar-refractivity contribution in [3.05, 3.63) is 83.3 Å². The third kappa shape index (κ3) is 2.97. The number of aliphatic hydroxyl groups is 1. The van der Waals surface area contributed by atoms with Crippen molar-refractivity contribution in [2.75, 3.05) is 4.90 Å². The fraction of sp³-hybridized carbons (Fsp3) is 0.167. The Morgan fingerprint density at radius 3 is 2.65 bits per heavy atom. The van der Waals surface area contributed by atoms with E-state index >= 15 is 0 Å². The van der Waals surface area contributed by atoms with Crippen molar-refractivity contribution in [2.45, 2.75) is 25.5 Å². The summed E-state index contributed by atoms with van der Waals surface area (Å²) in [5, 5.41) is 21.5. The molecule has 7 heteroatoms. The molecule has 0 saturated carbocycles. The summed E-state index contributed by atoms with van der Waals surface area (Å²) < 4.78 is 11.2. The Bertz CT molecular complexity index is 1230. The number of nitrogens with zero attached hydrogens (tertiary/aromatic N) is 1. The van der Waals surface area contributed by atoms with Gasteiger partial charge in [-0.25, -0.2) is 0 Å². The summed E-state index contributed by atoms with van der Waals surface area (Å²) in [5.74, 6) is -1.15. The predicted octanol–water partition coefficient (Wildman–Crippen LogP) is 3.93. The Hall–Kier alpha value is -4.00. The van der Waals surface area contributed by atoms with Gasteiger partial charge in [-0.1, -0.05) is 12.1 Å². The maximum absolute atomic E-state index is 13.0. The number of rotatable bonds is 3. The van der Waals surface area contributed by atoms with Crippen molar-refractivity contribution in [3.63, 3.8) is 0 Å². The summed E-state index contributed by atoms with van der Waals surface area (Å²) in [6, 6.07) is 13.6. The second-order valence-corrected chi connectivity index (χ2v) is 7.63. The van der Waals surface area contributed by atoms with Gasteiger partial charge in [-0.15, -0.1) is 0 Å². The minimum Gasteiger partial charge on any atom is -0.507 e. The standard InChI is InChI=1S/C24H19NO6/c1-13-11-15-12-14(8-9-18(15)31-13)22(27)20-21(19-7-4-10-30-19)25(24(29)23(20)28)16-5-2-3-6-17(16)26/h2-10,12-13,21,26-27H,11H2,1H3/b22-20-. The highest BCUT2D eigenvalue weighted by Crippen LogP contribution is 2.45. The number of para-hydroxylation sites is 2. The Kier molecular flexibility index (Phi) is 4.32. The molecule has 5 rings (SSSR count). The molecular weight excluding hydrogens is 398 g/mol. The smallest absolute Gasteiger partial charge is 0.300 e. The van der Waals surface area contributed by atoms with Crippen molar-refractivity contribution < 1.29 is 29.0 Å². The van der Waals surface area contributed by atoms with Gasteiger partial charge in [0.2, 0.25) is 0 Å². The zero-order valence-corrected chi connectivity index (χ0v) is 16.6. The Labute approximate surface area is 177 Å². The molecule has 156 valence electrons. The van der Waals surface area contributed by atoms with Crippen LogP contribution in [-0.4, -0.2) is 28.0 Å². The summed E-state index contributed by atoms with van der Waals surface area (Å²) >= 11 is 0. The molecule has 7 nitrogen and oxygen atoms in total. The molecule has 3 heterocycles. The number of ketones is 1. The van der Waals surface area contributed by atoms with Crippen LogP contribution in [0.1, 0.15) is 29.9 Å². The van der Waals surface area contributed by atoms with Crippen LogP contribution in [0.5, 0.6) is 11.5 Å². The van der Waals surface area contributed by atoms with E-state index in [-0.39, 0.29) is 28.9 Å². The molecular formula is C24H19NO6. The van der Waals surface area contributed by atoms with Crippen molar-refractivity contribution in [2.24, 2.45) is 0 Å². The van der Waals surface area contributed by atoms with E-state index in [0.717, 1.165) is 16.2 Å². The lowest BCUT2D eigenvalue weighted by molar-refractivity contribution is -0.132.